The number of aliphatic hydroxyl groups is 1. The maximum atomic E-state index is 10.2. The van der Waals surface area contributed by atoms with Crippen molar-refractivity contribution in [3.8, 4) is 0 Å². The van der Waals surface area contributed by atoms with Gasteiger partial charge in [0.1, 0.15) is 11.8 Å². The first kappa shape index (κ1) is 11.3. The van der Waals surface area contributed by atoms with Crippen LogP contribution in [0, 0.1) is 6.92 Å². The summed E-state index contributed by atoms with van der Waals surface area (Å²) in [5.41, 5.74) is 3.31. The van der Waals surface area contributed by atoms with E-state index in [1.165, 1.54) is 0 Å². The van der Waals surface area contributed by atoms with Crippen LogP contribution in [-0.2, 0) is 0 Å². The number of benzene rings is 1. The van der Waals surface area contributed by atoms with Gasteiger partial charge in [0.05, 0.1) is 23.4 Å². The monoisotopic (exact) mass is 257 g/mol. The van der Waals surface area contributed by atoms with Gasteiger partial charge in [-0.15, -0.1) is 0 Å². The van der Waals surface area contributed by atoms with E-state index in [4.69, 9.17) is 0 Å². The molecule has 0 amide bonds. The second-order valence-corrected chi connectivity index (χ2v) is 4.70. The lowest BCUT2D eigenvalue weighted by Gasteiger charge is -2.08. The Morgan fingerprint density at radius 2 is 2.11 bits per heavy atom. The zero-order valence-corrected chi connectivity index (χ0v) is 10.6. The van der Waals surface area contributed by atoms with Crippen molar-refractivity contribution in [1.29, 1.82) is 0 Å². The SMILES string of the molecule is Cc1ccc2cc(C(O)c3cnsn3)ccc2n1. The van der Waals surface area contributed by atoms with E-state index in [9.17, 15) is 5.11 Å². The molecule has 0 aliphatic carbocycles. The Labute approximate surface area is 108 Å². The minimum absolute atomic E-state index is 0.583. The molecule has 1 N–H and O–H groups in total. The van der Waals surface area contributed by atoms with Crippen LogP contribution in [0.2, 0.25) is 0 Å². The lowest BCUT2D eigenvalue weighted by Crippen LogP contribution is -1.99. The van der Waals surface area contributed by atoms with Crippen molar-refractivity contribution in [1.82, 2.24) is 13.7 Å². The maximum Gasteiger partial charge on any atom is 0.124 e. The number of hydrogen-bond acceptors (Lipinski definition) is 5. The molecule has 0 bridgehead atoms. The molecule has 1 unspecified atom stereocenters. The summed E-state index contributed by atoms with van der Waals surface area (Å²) in [6, 6.07) is 9.70. The van der Waals surface area contributed by atoms with Gasteiger partial charge in [0.15, 0.2) is 0 Å². The van der Waals surface area contributed by atoms with Crippen molar-refractivity contribution in [2.75, 3.05) is 0 Å². The first-order chi connectivity index (χ1) is 8.74. The number of hydrogen-bond donors (Lipinski definition) is 1. The van der Waals surface area contributed by atoms with Crippen LogP contribution in [-0.4, -0.2) is 18.8 Å². The highest BCUT2D eigenvalue weighted by molar-refractivity contribution is 6.99. The number of nitrogens with zero attached hydrogens (tertiary/aromatic N) is 3. The third kappa shape index (κ3) is 1.98. The molecule has 4 nitrogen and oxygen atoms in total. The highest BCUT2D eigenvalue weighted by atomic mass is 32.1. The molecule has 5 heteroatoms. The molecule has 2 aromatic heterocycles. The highest BCUT2D eigenvalue weighted by Crippen LogP contribution is 2.24. The Bertz CT molecular complexity index is 682. The van der Waals surface area contributed by atoms with Crippen LogP contribution in [0.3, 0.4) is 0 Å². The second-order valence-electron chi connectivity index (χ2n) is 4.14. The quantitative estimate of drug-likeness (QED) is 0.766. The summed E-state index contributed by atoms with van der Waals surface area (Å²) in [6.45, 7) is 1.96. The fraction of sp³-hybridized carbons (Fsp3) is 0.154. The summed E-state index contributed by atoms with van der Waals surface area (Å²) in [6.07, 6.45) is 0.863. The Balaban J connectivity index is 2.06. The number of aromatic nitrogens is 3. The van der Waals surface area contributed by atoms with Gasteiger partial charge in [0.25, 0.3) is 0 Å². The molecule has 0 saturated heterocycles. The van der Waals surface area contributed by atoms with Gasteiger partial charge in [-0.25, -0.2) is 0 Å². The Kier molecular flexibility index (Phi) is 2.77. The van der Waals surface area contributed by atoms with E-state index in [-0.39, 0.29) is 0 Å². The first-order valence-corrected chi connectivity index (χ1v) is 6.30. The van der Waals surface area contributed by atoms with Crippen molar-refractivity contribution in [3.05, 3.63) is 53.5 Å². The van der Waals surface area contributed by atoms with Gasteiger partial charge in [-0.3, -0.25) is 4.98 Å². The van der Waals surface area contributed by atoms with E-state index in [2.05, 4.69) is 13.7 Å². The third-order valence-electron chi connectivity index (χ3n) is 2.83. The Morgan fingerprint density at radius 3 is 2.89 bits per heavy atom. The Morgan fingerprint density at radius 1 is 1.22 bits per heavy atom. The molecule has 1 aromatic carbocycles. The molecular weight excluding hydrogens is 246 g/mol. The zero-order chi connectivity index (χ0) is 12.5. The lowest BCUT2D eigenvalue weighted by atomic mass is 10.0. The minimum atomic E-state index is -0.727. The van der Waals surface area contributed by atoms with Gasteiger partial charge in [0.2, 0.25) is 0 Å². The van der Waals surface area contributed by atoms with E-state index < -0.39 is 6.10 Å². The van der Waals surface area contributed by atoms with E-state index in [1.54, 1.807) is 6.20 Å². The average molecular weight is 257 g/mol. The smallest absolute Gasteiger partial charge is 0.124 e. The van der Waals surface area contributed by atoms with E-state index in [1.807, 2.05) is 37.3 Å². The van der Waals surface area contributed by atoms with Gasteiger partial charge in [-0.1, -0.05) is 12.1 Å². The van der Waals surface area contributed by atoms with Gasteiger partial charge in [-0.2, -0.15) is 8.75 Å². The van der Waals surface area contributed by atoms with Gasteiger partial charge < -0.3 is 5.11 Å². The van der Waals surface area contributed by atoms with E-state index in [0.717, 1.165) is 33.9 Å². The molecule has 90 valence electrons. The normalized spacial score (nSPS) is 12.8. The molecule has 1 atom stereocenters. The lowest BCUT2D eigenvalue weighted by molar-refractivity contribution is 0.216. The number of aryl methyl sites for hydroxylation is 1. The second kappa shape index (κ2) is 4.44. The summed E-state index contributed by atoms with van der Waals surface area (Å²) < 4.78 is 7.95. The van der Waals surface area contributed by atoms with Gasteiger partial charge in [0, 0.05) is 11.1 Å². The van der Waals surface area contributed by atoms with Crippen LogP contribution in [0.25, 0.3) is 10.9 Å². The van der Waals surface area contributed by atoms with Crippen LogP contribution in [0.5, 0.6) is 0 Å². The summed E-state index contributed by atoms with van der Waals surface area (Å²) in [5, 5.41) is 11.2. The van der Waals surface area contributed by atoms with Crippen molar-refractivity contribution in [2.45, 2.75) is 13.0 Å². The predicted molar refractivity (Wildman–Crippen MR) is 70.5 cm³/mol. The Hall–Kier alpha value is -1.85. The summed E-state index contributed by atoms with van der Waals surface area (Å²) in [5.74, 6) is 0. The number of aliphatic hydroxyl groups excluding tert-OH is 1. The molecule has 0 aliphatic heterocycles. The minimum Gasteiger partial charge on any atom is -0.382 e. The van der Waals surface area contributed by atoms with Crippen molar-refractivity contribution in [3.63, 3.8) is 0 Å². The molecule has 3 aromatic rings. The molecule has 3 rings (SSSR count). The van der Waals surface area contributed by atoms with Crippen molar-refractivity contribution >= 4 is 22.6 Å². The topological polar surface area (TPSA) is 58.9 Å². The fourth-order valence-corrected chi connectivity index (χ4v) is 2.32. The highest BCUT2D eigenvalue weighted by Gasteiger charge is 2.13. The van der Waals surface area contributed by atoms with Crippen LogP contribution in [0.15, 0.2) is 36.5 Å². The molecule has 0 spiro atoms. The third-order valence-corrected chi connectivity index (χ3v) is 3.32. The van der Waals surface area contributed by atoms with Crippen LogP contribution in [0.1, 0.15) is 23.1 Å². The molecular formula is C13H11N3OS. The standard InChI is InChI=1S/C13H11N3OS/c1-8-2-3-9-6-10(4-5-11(9)15-8)13(17)12-7-14-18-16-12/h2-7,13,17H,1H3. The largest absolute Gasteiger partial charge is 0.382 e. The van der Waals surface area contributed by atoms with Crippen LogP contribution < -0.4 is 0 Å². The number of pyridine rings is 1. The fourth-order valence-electron chi connectivity index (χ4n) is 1.88. The molecule has 0 fully saturated rings. The average Bonchev–Trinajstić information content (AvgIpc) is 2.91. The number of fused-ring (bicyclic) bond motifs is 1. The molecule has 0 radical (unpaired) electrons. The zero-order valence-electron chi connectivity index (χ0n) is 9.74. The van der Waals surface area contributed by atoms with Crippen LogP contribution in [0.4, 0.5) is 0 Å². The molecule has 0 aliphatic rings. The summed E-state index contributed by atoms with van der Waals surface area (Å²) in [7, 11) is 0. The van der Waals surface area contributed by atoms with E-state index >= 15 is 0 Å². The van der Waals surface area contributed by atoms with Gasteiger partial charge >= 0.3 is 0 Å². The molecule has 2 heterocycles. The van der Waals surface area contributed by atoms with Gasteiger partial charge in [-0.05, 0) is 30.7 Å². The summed E-state index contributed by atoms with van der Waals surface area (Å²) in [4.78, 5) is 4.43. The van der Waals surface area contributed by atoms with E-state index in [0.29, 0.717) is 5.69 Å². The predicted octanol–water partition coefficient (Wildman–Crippen LogP) is 2.48. The maximum absolute atomic E-state index is 10.2. The van der Waals surface area contributed by atoms with Crippen molar-refractivity contribution < 1.29 is 5.11 Å². The number of rotatable bonds is 2. The van der Waals surface area contributed by atoms with Crippen LogP contribution >= 0.6 is 11.7 Å². The van der Waals surface area contributed by atoms with Crippen molar-refractivity contribution in [2.24, 2.45) is 0 Å². The summed E-state index contributed by atoms with van der Waals surface area (Å²) >= 11 is 1.10. The first-order valence-electron chi connectivity index (χ1n) is 5.57. The molecule has 0 saturated carbocycles. The molecule has 18 heavy (non-hydrogen) atoms.